The molecule has 0 bridgehead atoms. The molecule has 2 aromatic rings. The predicted molar refractivity (Wildman–Crippen MR) is 108 cm³/mol. The minimum atomic E-state index is -0.507. The number of carbonyl (C=O) groups excluding carboxylic acids is 1. The Hall–Kier alpha value is -3.35. The minimum absolute atomic E-state index is 0.507. The number of hydrogen-bond acceptors (Lipinski definition) is 5. The van der Waals surface area contributed by atoms with Gasteiger partial charge in [0, 0.05) is 39.6 Å². The summed E-state index contributed by atoms with van der Waals surface area (Å²) < 4.78 is 0. The molecule has 0 saturated carbocycles. The number of hydrogen-bond donors (Lipinski definition) is 2. The summed E-state index contributed by atoms with van der Waals surface area (Å²) in [5.74, 6) is 0. The molecule has 0 saturated heterocycles. The fourth-order valence-corrected chi connectivity index (χ4v) is 2.07. The summed E-state index contributed by atoms with van der Waals surface area (Å²) in [5, 5.41) is 7.79. The normalized spacial score (nSPS) is 10.9. The monoisotopic (exact) mass is 352 g/mol. The quantitative estimate of drug-likeness (QED) is 0.620. The van der Waals surface area contributed by atoms with E-state index < -0.39 is 6.03 Å². The minimum Gasteiger partial charge on any atom is -0.378 e. The maximum atomic E-state index is 11.6. The molecule has 0 fully saturated rings. The highest BCUT2D eigenvalue weighted by Gasteiger charge is 1.97. The van der Waals surface area contributed by atoms with Crippen LogP contribution in [-0.2, 0) is 0 Å². The summed E-state index contributed by atoms with van der Waals surface area (Å²) in [6.45, 7) is 0. The molecule has 7 nitrogen and oxygen atoms in total. The van der Waals surface area contributed by atoms with Crippen molar-refractivity contribution < 1.29 is 4.79 Å². The number of hydrazone groups is 2. The zero-order valence-corrected chi connectivity index (χ0v) is 15.5. The molecule has 0 radical (unpaired) electrons. The van der Waals surface area contributed by atoms with Gasteiger partial charge in [-0.2, -0.15) is 10.2 Å². The number of anilines is 2. The van der Waals surface area contributed by atoms with Gasteiger partial charge < -0.3 is 9.80 Å². The van der Waals surface area contributed by atoms with Crippen LogP contribution in [0.2, 0.25) is 0 Å². The third-order valence-electron chi connectivity index (χ3n) is 3.58. The number of carbonyl (C=O) groups is 1. The zero-order chi connectivity index (χ0) is 18.9. The van der Waals surface area contributed by atoms with Crippen LogP contribution in [0.1, 0.15) is 11.1 Å². The molecule has 0 aliphatic heterocycles. The van der Waals surface area contributed by atoms with E-state index in [4.69, 9.17) is 0 Å². The molecule has 2 amide bonds. The number of rotatable bonds is 6. The van der Waals surface area contributed by atoms with E-state index in [1.54, 1.807) is 12.4 Å². The second-order valence-electron chi connectivity index (χ2n) is 6.04. The Kier molecular flexibility index (Phi) is 6.73. The first-order chi connectivity index (χ1) is 12.5. The van der Waals surface area contributed by atoms with Crippen LogP contribution in [0.5, 0.6) is 0 Å². The zero-order valence-electron chi connectivity index (χ0n) is 15.5. The van der Waals surface area contributed by atoms with Crippen LogP contribution in [0.15, 0.2) is 58.7 Å². The summed E-state index contributed by atoms with van der Waals surface area (Å²) in [5.41, 5.74) is 8.71. The molecule has 26 heavy (non-hydrogen) atoms. The van der Waals surface area contributed by atoms with E-state index in [1.807, 2.05) is 86.5 Å². The molecule has 0 aliphatic rings. The van der Waals surface area contributed by atoms with Crippen LogP contribution in [-0.4, -0.2) is 46.7 Å². The summed E-state index contributed by atoms with van der Waals surface area (Å²) in [4.78, 5) is 15.7. The number of nitrogens with one attached hydrogen (secondary N) is 2. The van der Waals surface area contributed by atoms with Gasteiger partial charge in [-0.3, -0.25) is 0 Å². The van der Waals surface area contributed by atoms with E-state index in [1.165, 1.54) is 0 Å². The van der Waals surface area contributed by atoms with Crippen molar-refractivity contribution in [2.24, 2.45) is 10.2 Å². The van der Waals surface area contributed by atoms with Gasteiger partial charge in [-0.25, -0.2) is 15.6 Å². The van der Waals surface area contributed by atoms with Crippen LogP contribution in [0.25, 0.3) is 0 Å². The molecule has 7 heteroatoms. The average molecular weight is 352 g/mol. The van der Waals surface area contributed by atoms with Crippen molar-refractivity contribution in [1.82, 2.24) is 10.9 Å². The summed E-state index contributed by atoms with van der Waals surface area (Å²) in [7, 11) is 7.91. The van der Waals surface area contributed by atoms with Crippen molar-refractivity contribution in [3.8, 4) is 0 Å². The fourth-order valence-electron chi connectivity index (χ4n) is 2.07. The highest BCUT2D eigenvalue weighted by Crippen LogP contribution is 2.11. The first-order valence-corrected chi connectivity index (χ1v) is 8.12. The van der Waals surface area contributed by atoms with Crippen molar-refractivity contribution in [2.75, 3.05) is 38.0 Å². The van der Waals surface area contributed by atoms with Gasteiger partial charge in [0.05, 0.1) is 12.4 Å². The van der Waals surface area contributed by atoms with Crippen molar-refractivity contribution in [3.05, 3.63) is 59.7 Å². The lowest BCUT2D eigenvalue weighted by molar-refractivity contribution is 0.242. The summed E-state index contributed by atoms with van der Waals surface area (Å²) in [6.07, 6.45) is 3.14. The number of amides is 2. The van der Waals surface area contributed by atoms with Crippen molar-refractivity contribution in [1.29, 1.82) is 0 Å². The molecule has 0 aromatic heterocycles. The molecule has 0 aliphatic carbocycles. The number of nitrogens with zero attached hydrogens (tertiary/aromatic N) is 4. The van der Waals surface area contributed by atoms with Crippen LogP contribution >= 0.6 is 0 Å². The molecule has 0 atom stereocenters. The van der Waals surface area contributed by atoms with Crippen LogP contribution in [0.3, 0.4) is 0 Å². The van der Waals surface area contributed by atoms with Crippen LogP contribution in [0.4, 0.5) is 16.2 Å². The maximum absolute atomic E-state index is 11.6. The van der Waals surface area contributed by atoms with E-state index in [0.717, 1.165) is 22.5 Å². The second kappa shape index (κ2) is 9.22. The van der Waals surface area contributed by atoms with Gasteiger partial charge in [0.2, 0.25) is 0 Å². The topological polar surface area (TPSA) is 72.3 Å². The Balaban J connectivity index is 1.79. The van der Waals surface area contributed by atoms with Gasteiger partial charge in [-0.15, -0.1) is 0 Å². The van der Waals surface area contributed by atoms with Crippen molar-refractivity contribution >= 4 is 29.8 Å². The molecule has 2 N–H and O–H groups in total. The van der Waals surface area contributed by atoms with Gasteiger partial charge in [-0.1, -0.05) is 24.3 Å². The van der Waals surface area contributed by atoms with Crippen LogP contribution in [0, 0.1) is 0 Å². The van der Waals surface area contributed by atoms with E-state index >= 15 is 0 Å². The molecule has 2 aromatic carbocycles. The van der Waals surface area contributed by atoms with E-state index in [2.05, 4.69) is 21.1 Å². The van der Waals surface area contributed by atoms with Gasteiger partial charge in [-0.05, 0) is 35.4 Å². The van der Waals surface area contributed by atoms with Gasteiger partial charge in [0.25, 0.3) is 0 Å². The highest BCUT2D eigenvalue weighted by molar-refractivity contribution is 5.84. The van der Waals surface area contributed by atoms with E-state index in [9.17, 15) is 4.79 Å². The standard InChI is InChI=1S/C19H24N6O/c1-24(2)17-9-5-15(6-10-17)13-20-22-19(26)23-21-14-16-7-11-18(12-8-16)25(3)4/h5-14H,1-4H3,(H2,22,23,26)/b20-13+,21-14+. The largest absolute Gasteiger partial charge is 0.378 e. The van der Waals surface area contributed by atoms with E-state index in [-0.39, 0.29) is 0 Å². The lowest BCUT2D eigenvalue weighted by Gasteiger charge is -2.11. The maximum Gasteiger partial charge on any atom is 0.355 e. The highest BCUT2D eigenvalue weighted by atomic mass is 16.2. The Labute approximate surface area is 154 Å². The van der Waals surface area contributed by atoms with Gasteiger partial charge in [0.1, 0.15) is 0 Å². The Morgan fingerprint density at radius 1 is 0.731 bits per heavy atom. The smallest absolute Gasteiger partial charge is 0.355 e. The molecule has 0 heterocycles. The Bertz CT molecular complexity index is 698. The lowest BCUT2D eigenvalue weighted by Crippen LogP contribution is -2.28. The number of benzene rings is 2. The summed E-state index contributed by atoms with van der Waals surface area (Å²) in [6, 6.07) is 15.1. The molecule has 2 rings (SSSR count). The van der Waals surface area contributed by atoms with Crippen molar-refractivity contribution in [3.63, 3.8) is 0 Å². The molecular formula is C19H24N6O. The van der Waals surface area contributed by atoms with Gasteiger partial charge in [0.15, 0.2) is 0 Å². The Morgan fingerprint density at radius 3 is 1.38 bits per heavy atom. The third kappa shape index (κ3) is 5.94. The molecule has 0 spiro atoms. The van der Waals surface area contributed by atoms with Crippen LogP contribution < -0.4 is 20.7 Å². The van der Waals surface area contributed by atoms with E-state index in [0.29, 0.717) is 0 Å². The fraction of sp³-hybridized carbons (Fsp3) is 0.211. The first-order valence-electron chi connectivity index (χ1n) is 8.12. The molecular weight excluding hydrogens is 328 g/mol. The Morgan fingerprint density at radius 2 is 1.08 bits per heavy atom. The lowest BCUT2D eigenvalue weighted by atomic mass is 10.2. The second-order valence-corrected chi connectivity index (χ2v) is 6.04. The molecule has 136 valence electrons. The average Bonchev–Trinajstić information content (AvgIpc) is 2.62. The number of urea groups is 1. The predicted octanol–water partition coefficient (Wildman–Crippen LogP) is 2.49. The SMILES string of the molecule is CN(C)c1ccc(/C=N/NC(=O)N/N=C/c2ccc(N(C)C)cc2)cc1. The first kappa shape index (κ1) is 19.0. The summed E-state index contributed by atoms with van der Waals surface area (Å²) >= 11 is 0. The van der Waals surface area contributed by atoms with Gasteiger partial charge >= 0.3 is 6.03 Å². The van der Waals surface area contributed by atoms with Crippen molar-refractivity contribution in [2.45, 2.75) is 0 Å². The molecule has 0 unspecified atom stereocenters. The third-order valence-corrected chi connectivity index (χ3v) is 3.58.